The van der Waals surface area contributed by atoms with E-state index in [1.165, 1.54) is 18.3 Å². The number of carbonyl (C=O) groups excluding carboxylic acids is 1. The molecule has 2 fully saturated rings. The summed E-state index contributed by atoms with van der Waals surface area (Å²) in [6.07, 6.45) is -0.317. The monoisotopic (exact) mass is 416 g/mol. The Balaban J connectivity index is 1.73. The lowest BCUT2D eigenvalue weighted by Crippen LogP contribution is -2.59. The lowest BCUT2D eigenvalue weighted by molar-refractivity contribution is -0.154. The molecule has 2 aliphatic heterocycles. The summed E-state index contributed by atoms with van der Waals surface area (Å²) in [7, 11) is 0. The van der Waals surface area contributed by atoms with E-state index in [4.69, 9.17) is 4.74 Å². The molecule has 0 saturated carbocycles. The average Bonchev–Trinajstić information content (AvgIpc) is 2.57. The molecule has 2 aliphatic rings. The van der Waals surface area contributed by atoms with E-state index in [1.807, 2.05) is 20.8 Å². The van der Waals surface area contributed by atoms with Crippen molar-refractivity contribution in [1.82, 2.24) is 9.88 Å². The fraction of sp³-hybridized carbons (Fsp3) is 0.700. The van der Waals surface area contributed by atoms with Crippen molar-refractivity contribution < 1.29 is 32.5 Å². The number of hydrogen-bond donors (Lipinski definition) is 1. The molecule has 29 heavy (non-hydrogen) atoms. The quantitative estimate of drug-likeness (QED) is 0.801. The van der Waals surface area contributed by atoms with E-state index >= 15 is 0 Å². The number of ether oxygens (including phenoxy) is 2. The molecule has 0 radical (unpaired) electrons. The molecule has 1 aromatic heterocycles. The van der Waals surface area contributed by atoms with Crippen molar-refractivity contribution >= 4 is 6.09 Å². The van der Waals surface area contributed by atoms with E-state index in [2.05, 4.69) is 9.72 Å². The molecule has 1 amide bonds. The van der Waals surface area contributed by atoms with Crippen molar-refractivity contribution in [3.63, 3.8) is 0 Å². The molecule has 0 aromatic carbocycles. The number of carbonyl (C=O) groups is 1. The van der Waals surface area contributed by atoms with Crippen LogP contribution in [0.2, 0.25) is 0 Å². The third kappa shape index (κ3) is 5.32. The minimum absolute atomic E-state index is 0.152. The van der Waals surface area contributed by atoms with Gasteiger partial charge in [-0.05, 0) is 46.1 Å². The Bertz CT molecular complexity index is 717. The molecule has 1 aromatic rings. The molecule has 1 N–H and O–H groups in total. The number of rotatable bonds is 3. The number of alkyl halides is 3. The minimum atomic E-state index is -4.44. The van der Waals surface area contributed by atoms with Crippen LogP contribution in [0.3, 0.4) is 0 Å². The van der Waals surface area contributed by atoms with Crippen molar-refractivity contribution in [2.24, 2.45) is 0 Å². The van der Waals surface area contributed by atoms with E-state index in [-0.39, 0.29) is 24.1 Å². The van der Waals surface area contributed by atoms with Gasteiger partial charge in [-0.3, -0.25) is 0 Å². The molecule has 2 saturated heterocycles. The SMILES string of the molecule is CC(C)(C)OC(=O)N1C2CCCC1CC(O)(c1ccc(OCC(F)(F)F)nc1)C2. The van der Waals surface area contributed by atoms with Crippen LogP contribution >= 0.6 is 0 Å². The van der Waals surface area contributed by atoms with Gasteiger partial charge < -0.3 is 19.5 Å². The first-order valence-corrected chi connectivity index (χ1v) is 9.76. The van der Waals surface area contributed by atoms with Crippen LogP contribution in [-0.2, 0) is 10.3 Å². The van der Waals surface area contributed by atoms with Gasteiger partial charge in [-0.25, -0.2) is 9.78 Å². The summed E-state index contributed by atoms with van der Waals surface area (Å²) in [5.74, 6) is -0.152. The van der Waals surface area contributed by atoms with Crippen LogP contribution in [0.25, 0.3) is 0 Å². The summed E-state index contributed by atoms with van der Waals surface area (Å²) < 4.78 is 47.0. The van der Waals surface area contributed by atoms with Crippen molar-refractivity contribution in [1.29, 1.82) is 0 Å². The van der Waals surface area contributed by atoms with Gasteiger partial charge in [-0.2, -0.15) is 13.2 Å². The van der Waals surface area contributed by atoms with E-state index in [9.17, 15) is 23.1 Å². The van der Waals surface area contributed by atoms with Gasteiger partial charge in [0.15, 0.2) is 6.61 Å². The van der Waals surface area contributed by atoms with Crippen molar-refractivity contribution in [2.75, 3.05) is 6.61 Å². The van der Waals surface area contributed by atoms with Gasteiger partial charge in [0.05, 0.1) is 5.60 Å². The fourth-order valence-corrected chi connectivity index (χ4v) is 4.17. The number of aliphatic hydroxyl groups is 1. The highest BCUT2D eigenvalue weighted by atomic mass is 19.4. The Morgan fingerprint density at radius 1 is 1.24 bits per heavy atom. The molecule has 9 heteroatoms. The fourth-order valence-electron chi connectivity index (χ4n) is 4.17. The molecular weight excluding hydrogens is 389 g/mol. The van der Waals surface area contributed by atoms with Crippen LogP contribution in [0, 0.1) is 0 Å². The summed E-state index contributed by atoms with van der Waals surface area (Å²) in [6, 6.07) is 2.54. The van der Waals surface area contributed by atoms with Gasteiger partial charge in [0.1, 0.15) is 5.60 Å². The van der Waals surface area contributed by atoms with E-state index in [0.717, 1.165) is 19.3 Å². The van der Waals surface area contributed by atoms with Crippen LogP contribution in [0.5, 0.6) is 5.88 Å². The summed E-state index contributed by atoms with van der Waals surface area (Å²) in [6.45, 7) is 4.03. The summed E-state index contributed by atoms with van der Waals surface area (Å²) in [5, 5.41) is 11.3. The van der Waals surface area contributed by atoms with E-state index < -0.39 is 24.0 Å². The Hall–Kier alpha value is -2.03. The lowest BCUT2D eigenvalue weighted by atomic mass is 9.73. The maximum Gasteiger partial charge on any atom is 0.422 e. The number of piperidine rings is 2. The lowest BCUT2D eigenvalue weighted by Gasteiger charge is -2.51. The van der Waals surface area contributed by atoms with Gasteiger partial charge in [0, 0.05) is 42.8 Å². The number of fused-ring (bicyclic) bond motifs is 2. The number of amides is 1. The van der Waals surface area contributed by atoms with Gasteiger partial charge >= 0.3 is 12.3 Å². The smallest absolute Gasteiger partial charge is 0.422 e. The Kier molecular flexibility index (Phi) is 5.73. The molecule has 2 bridgehead atoms. The second-order valence-corrected chi connectivity index (χ2v) is 8.85. The second kappa shape index (κ2) is 7.66. The molecule has 2 unspecified atom stereocenters. The number of hydrogen-bond acceptors (Lipinski definition) is 5. The zero-order valence-electron chi connectivity index (χ0n) is 16.8. The Morgan fingerprint density at radius 2 is 1.86 bits per heavy atom. The highest BCUT2D eigenvalue weighted by Gasteiger charge is 2.49. The predicted molar refractivity (Wildman–Crippen MR) is 98.4 cm³/mol. The first-order chi connectivity index (χ1) is 13.4. The third-order valence-electron chi connectivity index (χ3n) is 5.27. The maximum absolute atomic E-state index is 12.7. The van der Waals surface area contributed by atoms with Crippen LogP contribution in [-0.4, -0.2) is 51.6 Å². The predicted octanol–water partition coefficient (Wildman–Crippen LogP) is 4.16. The standard InChI is InChI=1S/C20H27F3N2O4/c1-18(2,3)29-17(26)25-14-5-4-6-15(25)10-19(27,9-14)13-7-8-16(24-11-13)28-12-20(21,22)23/h7-8,11,14-15,27H,4-6,9-10,12H2,1-3H3. The van der Waals surface area contributed by atoms with E-state index in [1.54, 1.807) is 4.90 Å². The molecule has 162 valence electrons. The number of halogens is 3. The first kappa shape index (κ1) is 21.7. The Morgan fingerprint density at radius 3 is 2.34 bits per heavy atom. The van der Waals surface area contributed by atoms with Crippen LogP contribution < -0.4 is 4.74 Å². The highest BCUT2D eigenvalue weighted by molar-refractivity contribution is 5.69. The highest BCUT2D eigenvalue weighted by Crippen LogP contribution is 2.44. The van der Waals surface area contributed by atoms with Crippen LogP contribution in [0.4, 0.5) is 18.0 Å². The maximum atomic E-state index is 12.7. The zero-order valence-corrected chi connectivity index (χ0v) is 16.8. The van der Waals surface area contributed by atoms with Gasteiger partial charge in [0.2, 0.25) is 5.88 Å². The van der Waals surface area contributed by atoms with Crippen molar-refractivity contribution in [3.05, 3.63) is 23.9 Å². The third-order valence-corrected chi connectivity index (χ3v) is 5.27. The minimum Gasteiger partial charge on any atom is -0.468 e. The molecule has 0 spiro atoms. The van der Waals surface area contributed by atoms with Crippen molar-refractivity contribution in [2.45, 2.75) is 82.3 Å². The summed E-state index contributed by atoms with van der Waals surface area (Å²) >= 11 is 0. The zero-order chi connectivity index (χ0) is 21.4. The first-order valence-electron chi connectivity index (χ1n) is 9.76. The summed E-state index contributed by atoms with van der Waals surface area (Å²) in [5.41, 5.74) is -1.29. The molecule has 2 atom stereocenters. The largest absolute Gasteiger partial charge is 0.468 e. The van der Waals surface area contributed by atoms with E-state index in [0.29, 0.717) is 18.4 Å². The molecule has 0 aliphatic carbocycles. The normalized spacial score (nSPS) is 27.5. The number of nitrogens with zero attached hydrogens (tertiary/aromatic N) is 2. The topological polar surface area (TPSA) is 71.9 Å². The van der Waals surface area contributed by atoms with Gasteiger partial charge in [-0.15, -0.1) is 0 Å². The summed E-state index contributed by atoms with van der Waals surface area (Å²) in [4.78, 5) is 18.3. The Labute approximate surface area is 168 Å². The molecule has 3 rings (SSSR count). The number of aromatic nitrogens is 1. The van der Waals surface area contributed by atoms with Gasteiger partial charge in [0.25, 0.3) is 0 Å². The average molecular weight is 416 g/mol. The van der Waals surface area contributed by atoms with Crippen LogP contribution in [0.15, 0.2) is 18.3 Å². The molecule has 3 heterocycles. The van der Waals surface area contributed by atoms with Gasteiger partial charge in [-0.1, -0.05) is 0 Å². The van der Waals surface area contributed by atoms with Crippen LogP contribution in [0.1, 0.15) is 58.4 Å². The van der Waals surface area contributed by atoms with Crippen molar-refractivity contribution in [3.8, 4) is 5.88 Å². The number of pyridine rings is 1. The molecular formula is C20H27F3N2O4. The second-order valence-electron chi connectivity index (χ2n) is 8.85. The molecule has 6 nitrogen and oxygen atoms in total.